The number of hydrogen-bond acceptors (Lipinski definition) is 2. The van der Waals surface area contributed by atoms with Crippen LogP contribution in [0.3, 0.4) is 0 Å². The van der Waals surface area contributed by atoms with Crippen LogP contribution in [0.4, 0.5) is 4.39 Å². The van der Waals surface area contributed by atoms with E-state index in [1.807, 2.05) is 26.8 Å². The van der Waals surface area contributed by atoms with E-state index in [4.69, 9.17) is 0 Å². The van der Waals surface area contributed by atoms with E-state index < -0.39 is 6.04 Å². The summed E-state index contributed by atoms with van der Waals surface area (Å²) in [6.45, 7) is 5.74. The topological polar surface area (TPSA) is 58.2 Å². The van der Waals surface area contributed by atoms with Crippen LogP contribution in [0.5, 0.6) is 0 Å². The maximum absolute atomic E-state index is 13.1. The zero-order chi connectivity index (χ0) is 19.1. The minimum atomic E-state index is -0.643. The second kappa shape index (κ2) is 9.13. The predicted octanol–water partition coefficient (Wildman–Crippen LogP) is 3.85. The standard InChI is InChI=1S/C21H25FN2O2/c1-4-14(2)19(24-20(25)17-8-6-5-7-9-17)21(26)23-15(3)16-10-12-18(22)13-11-16/h5-15,19H,4H2,1-3H3,(H,23,26)(H,24,25). The van der Waals surface area contributed by atoms with Crippen molar-refractivity contribution in [2.45, 2.75) is 39.3 Å². The highest BCUT2D eigenvalue weighted by Gasteiger charge is 2.27. The first-order valence-corrected chi connectivity index (χ1v) is 8.84. The first-order valence-electron chi connectivity index (χ1n) is 8.84. The van der Waals surface area contributed by atoms with Crippen LogP contribution in [-0.4, -0.2) is 17.9 Å². The van der Waals surface area contributed by atoms with Gasteiger partial charge in [-0.25, -0.2) is 4.39 Å². The molecular formula is C21H25FN2O2. The lowest BCUT2D eigenvalue weighted by Gasteiger charge is -2.25. The fourth-order valence-electron chi connectivity index (χ4n) is 2.65. The summed E-state index contributed by atoms with van der Waals surface area (Å²) in [6, 6.07) is 13.9. The fourth-order valence-corrected chi connectivity index (χ4v) is 2.65. The van der Waals surface area contributed by atoms with Gasteiger partial charge in [0.15, 0.2) is 0 Å². The molecule has 0 aliphatic carbocycles. The van der Waals surface area contributed by atoms with Crippen molar-refractivity contribution in [3.63, 3.8) is 0 Å². The second-order valence-corrected chi connectivity index (χ2v) is 6.48. The van der Waals surface area contributed by atoms with E-state index in [0.717, 1.165) is 12.0 Å². The van der Waals surface area contributed by atoms with Crippen molar-refractivity contribution in [3.05, 3.63) is 71.5 Å². The highest BCUT2D eigenvalue weighted by atomic mass is 19.1. The number of carbonyl (C=O) groups is 2. The second-order valence-electron chi connectivity index (χ2n) is 6.48. The van der Waals surface area contributed by atoms with E-state index in [1.165, 1.54) is 12.1 Å². The molecule has 2 amide bonds. The smallest absolute Gasteiger partial charge is 0.251 e. The Balaban J connectivity index is 2.09. The number of carbonyl (C=O) groups excluding carboxylic acids is 2. The average Bonchev–Trinajstić information content (AvgIpc) is 2.66. The minimum absolute atomic E-state index is 0.0249. The summed E-state index contributed by atoms with van der Waals surface area (Å²) in [4.78, 5) is 25.2. The van der Waals surface area contributed by atoms with Gasteiger partial charge >= 0.3 is 0 Å². The number of halogens is 1. The van der Waals surface area contributed by atoms with Crippen molar-refractivity contribution in [2.24, 2.45) is 5.92 Å². The monoisotopic (exact) mass is 356 g/mol. The van der Waals surface area contributed by atoms with Gasteiger partial charge in [-0.1, -0.05) is 50.6 Å². The molecule has 2 rings (SSSR count). The van der Waals surface area contributed by atoms with Gasteiger partial charge in [0.05, 0.1) is 6.04 Å². The Bertz CT molecular complexity index is 731. The summed E-state index contributed by atoms with van der Waals surface area (Å²) in [5.41, 5.74) is 1.32. The summed E-state index contributed by atoms with van der Waals surface area (Å²) in [5.74, 6) is -0.871. The molecule has 0 saturated heterocycles. The van der Waals surface area contributed by atoms with E-state index in [0.29, 0.717) is 5.56 Å². The van der Waals surface area contributed by atoms with E-state index in [1.54, 1.807) is 36.4 Å². The summed E-state index contributed by atoms with van der Waals surface area (Å²) in [7, 11) is 0. The van der Waals surface area contributed by atoms with Crippen LogP contribution >= 0.6 is 0 Å². The third-order valence-electron chi connectivity index (χ3n) is 4.55. The van der Waals surface area contributed by atoms with Gasteiger partial charge in [-0.05, 0) is 42.7 Å². The zero-order valence-electron chi connectivity index (χ0n) is 15.3. The molecule has 138 valence electrons. The van der Waals surface area contributed by atoms with Crippen molar-refractivity contribution in [3.8, 4) is 0 Å². The Kier molecular flexibility index (Phi) is 6.89. The molecular weight excluding hydrogens is 331 g/mol. The molecule has 3 unspecified atom stereocenters. The lowest BCUT2D eigenvalue weighted by Crippen LogP contribution is -2.50. The molecule has 0 radical (unpaired) electrons. The van der Waals surface area contributed by atoms with Crippen molar-refractivity contribution in [1.82, 2.24) is 10.6 Å². The number of amides is 2. The Morgan fingerprint density at radius 2 is 1.58 bits per heavy atom. The third-order valence-corrected chi connectivity index (χ3v) is 4.55. The SMILES string of the molecule is CCC(C)C(NC(=O)c1ccccc1)C(=O)NC(C)c1ccc(F)cc1. The molecule has 2 aromatic rings. The summed E-state index contributed by atoms with van der Waals surface area (Å²) < 4.78 is 13.1. The van der Waals surface area contributed by atoms with Crippen LogP contribution in [-0.2, 0) is 4.79 Å². The Morgan fingerprint density at radius 3 is 2.15 bits per heavy atom. The van der Waals surface area contributed by atoms with E-state index in [-0.39, 0.29) is 29.6 Å². The molecule has 0 aromatic heterocycles. The van der Waals surface area contributed by atoms with Crippen molar-refractivity contribution in [1.29, 1.82) is 0 Å². The molecule has 0 saturated carbocycles. The molecule has 0 bridgehead atoms. The lowest BCUT2D eigenvalue weighted by molar-refractivity contribution is -0.124. The van der Waals surface area contributed by atoms with Crippen LogP contribution in [0.2, 0.25) is 0 Å². The maximum atomic E-state index is 13.1. The molecule has 3 atom stereocenters. The maximum Gasteiger partial charge on any atom is 0.251 e. The molecule has 2 N–H and O–H groups in total. The third kappa shape index (κ3) is 5.15. The first-order chi connectivity index (χ1) is 12.4. The Morgan fingerprint density at radius 1 is 0.962 bits per heavy atom. The normalized spacial score (nSPS) is 14.2. The zero-order valence-corrected chi connectivity index (χ0v) is 15.3. The van der Waals surface area contributed by atoms with Crippen molar-refractivity contribution >= 4 is 11.8 Å². The van der Waals surface area contributed by atoms with Crippen molar-refractivity contribution in [2.75, 3.05) is 0 Å². The van der Waals surface area contributed by atoms with E-state index in [2.05, 4.69) is 10.6 Å². The molecule has 5 heteroatoms. The minimum Gasteiger partial charge on any atom is -0.348 e. The molecule has 0 spiro atoms. The van der Waals surface area contributed by atoms with Gasteiger partial charge in [0.2, 0.25) is 5.91 Å². The van der Waals surface area contributed by atoms with Crippen LogP contribution < -0.4 is 10.6 Å². The van der Waals surface area contributed by atoms with Gasteiger partial charge in [0.1, 0.15) is 11.9 Å². The summed E-state index contributed by atoms with van der Waals surface area (Å²) >= 11 is 0. The van der Waals surface area contributed by atoms with Crippen molar-refractivity contribution < 1.29 is 14.0 Å². The van der Waals surface area contributed by atoms with Crippen LogP contribution in [0.25, 0.3) is 0 Å². The molecule has 0 aliphatic heterocycles. The fraction of sp³-hybridized carbons (Fsp3) is 0.333. The van der Waals surface area contributed by atoms with E-state index >= 15 is 0 Å². The van der Waals surface area contributed by atoms with Crippen LogP contribution in [0.1, 0.15) is 49.2 Å². The van der Waals surface area contributed by atoms with Crippen LogP contribution in [0.15, 0.2) is 54.6 Å². The average molecular weight is 356 g/mol. The van der Waals surface area contributed by atoms with Crippen LogP contribution in [0, 0.1) is 11.7 Å². The number of nitrogens with one attached hydrogen (secondary N) is 2. The van der Waals surface area contributed by atoms with Gasteiger partial charge in [-0.15, -0.1) is 0 Å². The first kappa shape index (κ1) is 19.6. The van der Waals surface area contributed by atoms with E-state index in [9.17, 15) is 14.0 Å². The quantitative estimate of drug-likeness (QED) is 0.792. The molecule has 2 aromatic carbocycles. The van der Waals surface area contributed by atoms with Gasteiger partial charge in [-0.2, -0.15) is 0 Å². The van der Waals surface area contributed by atoms with Gasteiger partial charge in [0, 0.05) is 5.56 Å². The predicted molar refractivity (Wildman–Crippen MR) is 100 cm³/mol. The number of rotatable bonds is 7. The van der Waals surface area contributed by atoms with Gasteiger partial charge < -0.3 is 10.6 Å². The largest absolute Gasteiger partial charge is 0.348 e. The summed E-state index contributed by atoms with van der Waals surface area (Å²) in [6.07, 6.45) is 0.748. The van der Waals surface area contributed by atoms with Gasteiger partial charge in [0.25, 0.3) is 5.91 Å². The lowest BCUT2D eigenvalue weighted by atomic mass is 9.97. The number of hydrogen-bond donors (Lipinski definition) is 2. The molecule has 0 fully saturated rings. The molecule has 26 heavy (non-hydrogen) atoms. The Labute approximate surface area is 153 Å². The number of benzene rings is 2. The molecule has 4 nitrogen and oxygen atoms in total. The van der Waals surface area contributed by atoms with Gasteiger partial charge in [-0.3, -0.25) is 9.59 Å². The summed E-state index contributed by atoms with van der Waals surface area (Å²) in [5, 5.41) is 5.75. The molecule has 0 heterocycles. The Hall–Kier alpha value is -2.69. The molecule has 0 aliphatic rings. The highest BCUT2D eigenvalue weighted by Crippen LogP contribution is 2.15. The highest BCUT2D eigenvalue weighted by molar-refractivity contribution is 5.97.